The molecule has 66 heavy (non-hydrogen) atoms. The Bertz CT molecular complexity index is 2600. The maximum absolute atomic E-state index is 14.3. The lowest BCUT2D eigenvalue weighted by Gasteiger charge is -2.14. The largest absolute Gasteiger partial charge is 0.519 e. The molecule has 6 aromatic carbocycles. The van der Waals surface area contributed by atoms with Crippen molar-refractivity contribution in [3.63, 3.8) is 0 Å². The molecule has 6 aromatic rings. The summed E-state index contributed by atoms with van der Waals surface area (Å²) in [5.74, 6) is 25.4. The van der Waals surface area contributed by atoms with Crippen molar-refractivity contribution in [1.82, 2.24) is 0 Å². The molecule has 0 aliphatic rings. The molecule has 0 unspecified atom stereocenters. The molecule has 0 fully saturated rings. The van der Waals surface area contributed by atoms with Crippen molar-refractivity contribution in [1.29, 1.82) is 0 Å². The molecule has 0 N–H and O–H groups in total. The highest BCUT2D eigenvalue weighted by Crippen LogP contribution is 2.31. The third-order valence-electron chi connectivity index (χ3n) is 9.30. The highest BCUT2D eigenvalue weighted by molar-refractivity contribution is 5.92. The van der Waals surface area contributed by atoms with Crippen molar-refractivity contribution in [2.75, 3.05) is 41.7 Å². The fourth-order valence-corrected chi connectivity index (χ4v) is 5.96. The van der Waals surface area contributed by atoms with Crippen LogP contribution in [0.5, 0.6) is 34.5 Å². The Morgan fingerprint density at radius 2 is 0.621 bits per heavy atom. The molecule has 11 nitrogen and oxygen atoms in total. The Hall–Kier alpha value is -9.03. The van der Waals surface area contributed by atoms with Gasteiger partial charge in [0.05, 0.1) is 75.0 Å². The van der Waals surface area contributed by atoms with E-state index in [2.05, 4.69) is 47.4 Å². The van der Waals surface area contributed by atoms with Gasteiger partial charge in [-0.15, -0.1) is 0 Å². The van der Waals surface area contributed by atoms with E-state index in [9.17, 15) is 14.4 Å². The first-order valence-electron chi connectivity index (χ1n) is 20.4. The summed E-state index contributed by atoms with van der Waals surface area (Å²) >= 11 is 0. The number of benzene rings is 6. The average Bonchev–Trinajstić information content (AvgIpc) is 3.35. The van der Waals surface area contributed by atoms with E-state index in [0.717, 1.165) is 0 Å². The van der Waals surface area contributed by atoms with E-state index in [1.54, 1.807) is 139 Å². The third-order valence-corrected chi connectivity index (χ3v) is 9.30. The second-order valence-electron chi connectivity index (χ2n) is 13.6. The summed E-state index contributed by atoms with van der Waals surface area (Å²) in [5.41, 5.74) is 3.06. The molecule has 0 saturated heterocycles. The van der Waals surface area contributed by atoms with Crippen molar-refractivity contribution in [3.8, 4) is 81.9 Å². The number of hydrogen-bond acceptors (Lipinski definition) is 11. The zero-order valence-corrected chi connectivity index (χ0v) is 37.0. The van der Waals surface area contributed by atoms with Crippen LogP contribution in [0.1, 0.15) is 79.1 Å². The first-order valence-corrected chi connectivity index (χ1v) is 20.4. The minimum absolute atomic E-state index is 0.103. The van der Waals surface area contributed by atoms with Gasteiger partial charge in [0.15, 0.2) is 11.5 Å². The summed E-state index contributed by atoms with van der Waals surface area (Å²) in [7, 11) is 6.22. The molecule has 0 amide bonds. The maximum atomic E-state index is 14.3. The van der Waals surface area contributed by atoms with E-state index in [-0.39, 0.29) is 58.1 Å². The smallest absolute Gasteiger partial charge is 0.497 e. The highest BCUT2D eigenvalue weighted by atomic mass is 16.7. The van der Waals surface area contributed by atoms with Gasteiger partial charge in [0.25, 0.3) is 0 Å². The van der Waals surface area contributed by atoms with Crippen LogP contribution < -0.4 is 28.4 Å². The zero-order chi connectivity index (χ0) is 46.8. The van der Waals surface area contributed by atoms with Crippen LogP contribution in [0, 0.1) is 47.4 Å². The van der Waals surface area contributed by atoms with E-state index in [0.29, 0.717) is 45.3 Å². The second kappa shape index (κ2) is 22.9. The number of hydrogen-bond donors (Lipinski definition) is 0. The molecule has 0 heterocycles. The lowest BCUT2D eigenvalue weighted by Crippen LogP contribution is -2.18. The quantitative estimate of drug-likeness (QED) is 0.0743. The molecule has 0 atom stereocenters. The highest BCUT2D eigenvalue weighted by Gasteiger charge is 2.23. The standard InChI is InChI=1S/C55H42O11/c1-7-63-53(56)45-33-41(21-9-37-13-25-47(59-3)26-14-37)51(42(34-45)22-10-38-15-27-48(60-4)28-16-38)65-55(58)66-52-43(23-11-39-17-29-49(61-5)30-18-39)35-46(54(57)64-8-2)36-44(52)24-12-40-19-31-50(62-6)32-20-40/h13-20,25-36H,7-8H2,1-6H3. The van der Waals surface area contributed by atoms with Crippen LogP contribution in [-0.2, 0) is 9.47 Å². The van der Waals surface area contributed by atoms with Gasteiger partial charge in [-0.3, -0.25) is 0 Å². The minimum atomic E-state index is -1.23. The lowest BCUT2D eigenvalue weighted by molar-refractivity contribution is 0.0516. The fraction of sp³-hybridized carbons (Fsp3) is 0.145. The molecule has 0 spiro atoms. The van der Waals surface area contributed by atoms with Crippen LogP contribution in [0.4, 0.5) is 4.79 Å². The number of esters is 2. The van der Waals surface area contributed by atoms with E-state index in [4.69, 9.17) is 37.9 Å². The number of methoxy groups -OCH3 is 4. The molecule has 0 aliphatic carbocycles. The van der Waals surface area contributed by atoms with E-state index < -0.39 is 18.1 Å². The van der Waals surface area contributed by atoms with Crippen LogP contribution in [0.3, 0.4) is 0 Å². The first-order chi connectivity index (χ1) is 32.1. The monoisotopic (exact) mass is 878 g/mol. The first kappa shape index (κ1) is 46.5. The van der Waals surface area contributed by atoms with Gasteiger partial charge >= 0.3 is 18.1 Å². The van der Waals surface area contributed by atoms with Gasteiger partial charge in [0.2, 0.25) is 0 Å². The van der Waals surface area contributed by atoms with Gasteiger partial charge < -0.3 is 37.9 Å². The molecule has 6 rings (SSSR count). The number of carbonyl (C=O) groups is 3. The third kappa shape index (κ3) is 12.5. The normalized spacial score (nSPS) is 9.79. The molecular formula is C55H42O11. The predicted octanol–water partition coefficient (Wildman–Crippen LogP) is 9.25. The molecule has 0 bridgehead atoms. The van der Waals surface area contributed by atoms with Crippen molar-refractivity contribution in [2.24, 2.45) is 0 Å². The minimum Gasteiger partial charge on any atom is -0.497 e. The molecule has 11 heteroatoms. The molecule has 328 valence electrons. The van der Waals surface area contributed by atoms with E-state index in [1.807, 2.05) is 0 Å². The predicted molar refractivity (Wildman–Crippen MR) is 247 cm³/mol. The number of rotatable bonds is 10. The van der Waals surface area contributed by atoms with Gasteiger partial charge in [0, 0.05) is 22.3 Å². The second-order valence-corrected chi connectivity index (χ2v) is 13.6. The van der Waals surface area contributed by atoms with Gasteiger partial charge in [0.1, 0.15) is 23.0 Å². The maximum Gasteiger partial charge on any atom is 0.519 e. The van der Waals surface area contributed by atoms with E-state index in [1.165, 1.54) is 24.3 Å². The van der Waals surface area contributed by atoms with Gasteiger partial charge in [-0.25, -0.2) is 14.4 Å². The molecule has 0 aromatic heterocycles. The molecule has 0 radical (unpaired) electrons. The number of ether oxygens (including phenoxy) is 8. The lowest BCUT2D eigenvalue weighted by atomic mass is 10.0. The van der Waals surface area contributed by atoms with Gasteiger partial charge in [-0.2, -0.15) is 0 Å². The molecular weight excluding hydrogens is 837 g/mol. The number of carbonyl (C=O) groups excluding carboxylic acids is 3. The fourth-order valence-electron chi connectivity index (χ4n) is 5.96. The average molecular weight is 879 g/mol. The summed E-state index contributed by atoms with van der Waals surface area (Å²) in [6.07, 6.45) is -1.23. The Morgan fingerprint density at radius 3 is 0.833 bits per heavy atom. The molecule has 0 saturated carbocycles. The van der Waals surface area contributed by atoms with Crippen LogP contribution >= 0.6 is 0 Å². The SMILES string of the molecule is CCOC(=O)c1cc(C#Cc2ccc(OC)cc2)c(OC(=O)Oc2c(C#Cc3ccc(OC)cc3)cc(C(=O)OCC)cc2C#Cc2ccc(OC)cc2)c(C#Cc2ccc(OC)cc2)c1. The Labute approximate surface area is 383 Å². The van der Waals surface area contributed by atoms with Crippen molar-refractivity contribution >= 4 is 18.1 Å². The Kier molecular flexibility index (Phi) is 16.1. The summed E-state index contributed by atoms with van der Waals surface area (Å²) in [6.45, 7) is 3.58. The van der Waals surface area contributed by atoms with E-state index >= 15 is 0 Å². The van der Waals surface area contributed by atoms with Crippen LogP contribution in [-0.4, -0.2) is 59.7 Å². The Morgan fingerprint density at radius 1 is 0.379 bits per heavy atom. The van der Waals surface area contributed by atoms with Crippen LogP contribution in [0.25, 0.3) is 0 Å². The topological polar surface area (TPSA) is 125 Å². The summed E-state index contributed by atoms with van der Waals surface area (Å²) in [5, 5.41) is 0. The molecule has 0 aliphatic heterocycles. The summed E-state index contributed by atoms with van der Waals surface area (Å²) in [4.78, 5) is 40.8. The van der Waals surface area contributed by atoms with Crippen molar-refractivity contribution < 1.29 is 52.3 Å². The van der Waals surface area contributed by atoms with Crippen molar-refractivity contribution in [3.05, 3.63) is 177 Å². The zero-order valence-electron chi connectivity index (χ0n) is 37.0. The van der Waals surface area contributed by atoms with Gasteiger partial charge in [-0.05, 0) is 135 Å². The summed E-state index contributed by atoms with van der Waals surface area (Å²) in [6, 6.07) is 33.8. The van der Waals surface area contributed by atoms with Crippen LogP contribution in [0.15, 0.2) is 121 Å². The van der Waals surface area contributed by atoms with Gasteiger partial charge in [-0.1, -0.05) is 47.4 Å². The Balaban J connectivity index is 1.52. The summed E-state index contributed by atoms with van der Waals surface area (Å²) < 4.78 is 44.0. The van der Waals surface area contributed by atoms with Crippen molar-refractivity contribution in [2.45, 2.75) is 13.8 Å². The van der Waals surface area contributed by atoms with Crippen LogP contribution in [0.2, 0.25) is 0 Å².